The number of hydrogen-bond acceptors (Lipinski definition) is 6. The van der Waals surface area contributed by atoms with Gasteiger partial charge in [0.25, 0.3) is 0 Å². The van der Waals surface area contributed by atoms with Gasteiger partial charge in [-0.3, -0.25) is 14.3 Å². The topological polar surface area (TPSA) is 126 Å². The Labute approximate surface area is 274 Å². The molecule has 3 saturated heterocycles. The fraction of sp³-hybridized carbons (Fsp3) is 0.531. The van der Waals surface area contributed by atoms with Gasteiger partial charge in [-0.25, -0.2) is 9.59 Å². The number of rotatable bonds is 6. The van der Waals surface area contributed by atoms with Crippen molar-refractivity contribution >= 4 is 34.6 Å². The first kappa shape index (κ1) is 33.2. The van der Waals surface area contributed by atoms with Crippen molar-refractivity contribution in [3.05, 3.63) is 63.0 Å². The summed E-state index contributed by atoms with van der Waals surface area (Å²) in [5.41, 5.74) is 0.0637. The SMILES string of the molecule is O=C(N[C@H](Cc1cc(Cl)c(O)c(C(F)(F)F)c1)C(=O)N1CCN(C2CCNCC2)CC1)N1CCC(n2c(=O)[nH]c3ccccc32)CC1. The lowest BCUT2D eigenvalue weighted by Gasteiger charge is -2.42. The van der Waals surface area contributed by atoms with Crippen molar-refractivity contribution < 1.29 is 27.9 Å². The molecule has 1 atom stereocenters. The van der Waals surface area contributed by atoms with Crippen molar-refractivity contribution in [2.75, 3.05) is 52.4 Å². The Kier molecular flexibility index (Phi) is 9.72. The van der Waals surface area contributed by atoms with E-state index in [1.54, 1.807) is 14.4 Å². The molecule has 3 aliphatic heterocycles. The second-order valence-corrected chi connectivity index (χ2v) is 13.0. The minimum atomic E-state index is -4.87. The number of urea groups is 1. The molecule has 3 amide bonds. The van der Waals surface area contributed by atoms with Gasteiger partial charge < -0.3 is 30.5 Å². The number of hydrogen-bond donors (Lipinski definition) is 4. The zero-order valence-corrected chi connectivity index (χ0v) is 26.6. The van der Waals surface area contributed by atoms with Gasteiger partial charge in [0.2, 0.25) is 5.91 Å². The molecule has 0 unspecified atom stereocenters. The van der Waals surface area contributed by atoms with E-state index in [2.05, 4.69) is 20.5 Å². The Morgan fingerprint density at radius 1 is 0.957 bits per heavy atom. The van der Waals surface area contributed by atoms with E-state index in [1.165, 1.54) is 6.07 Å². The molecule has 0 saturated carbocycles. The molecule has 3 fully saturated rings. The molecule has 1 aromatic heterocycles. The summed E-state index contributed by atoms with van der Waals surface area (Å²) in [5.74, 6) is -1.47. The number of fused-ring (bicyclic) bond motifs is 1. The van der Waals surface area contributed by atoms with Crippen LogP contribution < -0.4 is 16.3 Å². The number of likely N-dealkylation sites (tertiary alicyclic amines) is 1. The zero-order chi connectivity index (χ0) is 33.3. The molecule has 254 valence electrons. The van der Waals surface area contributed by atoms with Gasteiger partial charge in [0.15, 0.2) is 0 Å². The number of nitrogens with zero attached hydrogens (tertiary/aromatic N) is 4. The Morgan fingerprint density at radius 3 is 2.32 bits per heavy atom. The molecular weight excluding hydrogens is 639 g/mol. The number of aromatic nitrogens is 2. The standard InChI is InChI=1S/C32H39ClF3N7O4/c33-24-18-20(17-23(28(24)44)32(34,35)36)19-26(29(45)41-15-13-40(14-16-41)21-5-9-37-10-6-21)39-30(46)42-11-7-22(8-12-42)43-27-4-2-1-3-25(27)38-31(43)47/h1-4,17-18,21-22,26,37,44H,5-16,19H2,(H,38,47)(H,39,46)/t26-/m1/s1. The van der Waals surface area contributed by atoms with E-state index in [-0.39, 0.29) is 29.6 Å². The monoisotopic (exact) mass is 677 g/mol. The summed E-state index contributed by atoms with van der Waals surface area (Å²) in [6.45, 7) is 4.74. The van der Waals surface area contributed by atoms with Gasteiger partial charge in [0.1, 0.15) is 11.8 Å². The van der Waals surface area contributed by atoms with Crippen molar-refractivity contribution in [3.8, 4) is 5.75 Å². The number of phenols is 1. The van der Waals surface area contributed by atoms with Crippen molar-refractivity contribution in [1.29, 1.82) is 0 Å². The Balaban J connectivity index is 1.16. The van der Waals surface area contributed by atoms with Crippen molar-refractivity contribution in [2.45, 2.75) is 56.4 Å². The molecule has 2 aromatic carbocycles. The van der Waals surface area contributed by atoms with E-state index >= 15 is 0 Å². The summed E-state index contributed by atoms with van der Waals surface area (Å²) in [7, 11) is 0. The summed E-state index contributed by atoms with van der Waals surface area (Å²) >= 11 is 5.98. The highest BCUT2D eigenvalue weighted by Crippen LogP contribution is 2.40. The van der Waals surface area contributed by atoms with E-state index in [9.17, 15) is 32.7 Å². The molecule has 47 heavy (non-hydrogen) atoms. The van der Waals surface area contributed by atoms with E-state index < -0.39 is 34.6 Å². The fourth-order valence-electron chi connectivity index (χ4n) is 7.13. The van der Waals surface area contributed by atoms with Gasteiger partial charge in [0, 0.05) is 57.8 Å². The normalized spacial score (nSPS) is 19.7. The quantitative estimate of drug-likeness (QED) is 0.316. The molecule has 0 aliphatic carbocycles. The number of carbonyl (C=O) groups excluding carboxylic acids is 2. The second-order valence-electron chi connectivity index (χ2n) is 12.6. The van der Waals surface area contributed by atoms with Crippen LogP contribution in [0, 0.1) is 0 Å². The molecule has 4 N–H and O–H groups in total. The summed E-state index contributed by atoms with van der Waals surface area (Å²) < 4.78 is 42.8. The number of piperidine rings is 2. The number of imidazole rings is 1. The Bertz CT molecular complexity index is 1660. The van der Waals surface area contributed by atoms with Crippen LogP contribution >= 0.6 is 11.6 Å². The van der Waals surface area contributed by atoms with Gasteiger partial charge >= 0.3 is 17.9 Å². The number of phenolic OH excluding ortho intramolecular Hbond substituents is 1. The Morgan fingerprint density at radius 2 is 1.64 bits per heavy atom. The summed E-state index contributed by atoms with van der Waals surface area (Å²) in [6, 6.07) is 8.00. The number of amides is 3. The predicted octanol–water partition coefficient (Wildman–Crippen LogP) is 3.56. The first-order valence-corrected chi connectivity index (χ1v) is 16.4. The molecule has 15 heteroatoms. The highest BCUT2D eigenvalue weighted by Gasteiger charge is 2.37. The molecule has 0 radical (unpaired) electrons. The second kappa shape index (κ2) is 13.8. The lowest BCUT2D eigenvalue weighted by Crippen LogP contribution is -2.59. The number of benzene rings is 2. The van der Waals surface area contributed by atoms with Gasteiger partial charge in [-0.2, -0.15) is 13.2 Å². The van der Waals surface area contributed by atoms with Gasteiger partial charge in [-0.1, -0.05) is 23.7 Å². The lowest BCUT2D eigenvalue weighted by atomic mass is 10.0. The van der Waals surface area contributed by atoms with Crippen LogP contribution in [0.1, 0.15) is 42.9 Å². The van der Waals surface area contributed by atoms with Crippen LogP contribution in [-0.2, 0) is 17.4 Å². The van der Waals surface area contributed by atoms with Crippen LogP contribution in [0.4, 0.5) is 18.0 Å². The zero-order valence-electron chi connectivity index (χ0n) is 25.9. The van der Waals surface area contributed by atoms with Crippen molar-refractivity contribution in [2.24, 2.45) is 0 Å². The number of carbonyl (C=O) groups is 2. The van der Waals surface area contributed by atoms with Gasteiger partial charge in [0.05, 0.1) is 21.6 Å². The maximum absolute atomic E-state index is 13.9. The maximum atomic E-state index is 13.9. The molecule has 6 rings (SSSR count). The first-order chi connectivity index (χ1) is 22.5. The average molecular weight is 678 g/mol. The maximum Gasteiger partial charge on any atom is 0.420 e. The van der Waals surface area contributed by atoms with Crippen LogP contribution in [-0.4, -0.2) is 106 Å². The highest BCUT2D eigenvalue weighted by molar-refractivity contribution is 6.32. The number of halogens is 4. The van der Waals surface area contributed by atoms with Crippen LogP contribution in [0.15, 0.2) is 41.2 Å². The minimum Gasteiger partial charge on any atom is -0.506 e. The molecular formula is C32H39ClF3N7O4. The summed E-state index contributed by atoms with van der Waals surface area (Å²) in [6.07, 6.45) is -2.04. The molecule has 11 nitrogen and oxygen atoms in total. The number of aromatic amines is 1. The molecule has 0 spiro atoms. The van der Waals surface area contributed by atoms with E-state index in [1.807, 2.05) is 24.3 Å². The lowest BCUT2D eigenvalue weighted by molar-refractivity contribution is -0.138. The van der Waals surface area contributed by atoms with Crippen LogP contribution in [0.5, 0.6) is 5.75 Å². The fourth-order valence-corrected chi connectivity index (χ4v) is 7.37. The third-order valence-electron chi connectivity index (χ3n) is 9.66. The van der Waals surface area contributed by atoms with E-state index in [0.717, 1.165) is 43.0 Å². The molecule has 3 aromatic rings. The van der Waals surface area contributed by atoms with Crippen molar-refractivity contribution in [1.82, 2.24) is 34.9 Å². The number of H-pyrrole nitrogens is 1. The Hall–Kier alpha value is -3.75. The average Bonchev–Trinajstić information content (AvgIpc) is 3.41. The third kappa shape index (κ3) is 7.24. The molecule has 3 aliphatic rings. The van der Waals surface area contributed by atoms with Crippen LogP contribution in [0.3, 0.4) is 0 Å². The number of alkyl halides is 3. The van der Waals surface area contributed by atoms with Crippen LogP contribution in [0.25, 0.3) is 11.0 Å². The van der Waals surface area contributed by atoms with E-state index in [0.29, 0.717) is 58.2 Å². The minimum absolute atomic E-state index is 0.0598. The van der Waals surface area contributed by atoms with Gasteiger partial charge in [-0.05, 0) is 68.6 Å². The number of piperazine rings is 1. The smallest absolute Gasteiger partial charge is 0.420 e. The molecule has 4 heterocycles. The first-order valence-electron chi connectivity index (χ1n) is 16.1. The van der Waals surface area contributed by atoms with Crippen molar-refractivity contribution in [3.63, 3.8) is 0 Å². The molecule has 0 bridgehead atoms. The highest BCUT2D eigenvalue weighted by atomic mass is 35.5. The van der Waals surface area contributed by atoms with Crippen LogP contribution in [0.2, 0.25) is 5.02 Å². The summed E-state index contributed by atoms with van der Waals surface area (Å²) in [4.78, 5) is 48.7. The number of para-hydroxylation sites is 2. The number of nitrogens with one attached hydrogen (secondary N) is 3. The third-order valence-corrected chi connectivity index (χ3v) is 9.94. The number of aromatic hydroxyl groups is 1. The largest absolute Gasteiger partial charge is 0.506 e. The summed E-state index contributed by atoms with van der Waals surface area (Å²) in [5, 5.41) is 15.7. The predicted molar refractivity (Wildman–Crippen MR) is 171 cm³/mol. The van der Waals surface area contributed by atoms with E-state index in [4.69, 9.17) is 11.6 Å². The van der Waals surface area contributed by atoms with Gasteiger partial charge in [-0.15, -0.1) is 0 Å².